The van der Waals surface area contributed by atoms with Gasteiger partial charge in [-0.25, -0.2) is 28.1 Å². The van der Waals surface area contributed by atoms with Gasteiger partial charge in [0.2, 0.25) is 0 Å². The summed E-state index contributed by atoms with van der Waals surface area (Å²) in [6, 6.07) is 10.6. The number of aromatic hydroxyl groups is 3. The van der Waals surface area contributed by atoms with Gasteiger partial charge in [-0.1, -0.05) is 116 Å². The molecule has 75 heavy (non-hydrogen) atoms. The molecule has 0 bridgehead atoms. The molecule has 0 fully saturated rings. The highest BCUT2D eigenvalue weighted by molar-refractivity contribution is 5.79. The maximum Gasteiger partial charge on any atom is 0.342 e. The predicted molar refractivity (Wildman–Crippen MR) is 293 cm³/mol. The molecule has 0 aliphatic rings. The van der Waals surface area contributed by atoms with Crippen LogP contribution >= 0.6 is 0 Å². The van der Waals surface area contributed by atoms with E-state index in [1.807, 2.05) is 41.5 Å². The zero-order chi connectivity index (χ0) is 55.7. The van der Waals surface area contributed by atoms with Crippen LogP contribution in [0.1, 0.15) is 247 Å². The van der Waals surface area contributed by atoms with Gasteiger partial charge in [0.1, 0.15) is 17.2 Å². The first-order valence-corrected chi connectivity index (χ1v) is 27.9. The third-order valence-electron chi connectivity index (χ3n) is 14.4. The number of nitrogens with zero attached hydrogens (tertiary/aromatic N) is 3. The Morgan fingerprint density at radius 2 is 0.547 bits per heavy atom. The summed E-state index contributed by atoms with van der Waals surface area (Å²) in [5.74, 6) is -4.57. The van der Waals surface area contributed by atoms with Crippen LogP contribution in [-0.4, -0.2) is 46.9 Å². The highest BCUT2D eigenvalue weighted by Crippen LogP contribution is 2.35. The Hall–Kier alpha value is -6.12. The van der Waals surface area contributed by atoms with E-state index in [9.17, 15) is 44.1 Å². The lowest BCUT2D eigenvalue weighted by Crippen LogP contribution is -2.57. The fraction of sp³-hybridized carbons (Fsp3) is 0.600. The number of esters is 3. The molecule has 4 rings (SSSR count). The van der Waals surface area contributed by atoms with Crippen LogP contribution in [0.15, 0.2) is 50.8 Å². The van der Waals surface area contributed by atoms with Crippen molar-refractivity contribution in [2.75, 3.05) is 0 Å². The summed E-state index contributed by atoms with van der Waals surface area (Å²) >= 11 is 0. The largest absolute Gasteiger partial charge is 0.507 e. The van der Waals surface area contributed by atoms with Crippen molar-refractivity contribution in [1.29, 1.82) is 0 Å². The molecule has 0 saturated heterocycles. The summed E-state index contributed by atoms with van der Waals surface area (Å²) in [7, 11) is 0. The molecule has 3 aromatic carbocycles. The van der Waals surface area contributed by atoms with Gasteiger partial charge in [-0.2, -0.15) is 0 Å². The Kier molecular flexibility index (Phi) is 24.0. The van der Waals surface area contributed by atoms with Crippen LogP contribution in [0.5, 0.6) is 17.2 Å². The lowest BCUT2D eigenvalue weighted by atomic mass is 9.92. The molecular formula is C60H87N3O12. The van der Waals surface area contributed by atoms with Crippen LogP contribution in [-0.2, 0) is 67.1 Å². The average molecular weight is 1040 g/mol. The molecule has 6 unspecified atom stereocenters. The molecule has 0 aliphatic heterocycles. The van der Waals surface area contributed by atoms with Gasteiger partial charge in [-0.15, -0.1) is 0 Å². The SMILES string of the molecule is CCCCc1cc(C(C)C(=O)OC(C)n2c(=O)n(C(C)OC(=O)C(C)c3cc(CCCC)c(O)c(CCCC)c3)c(=O)n(C(C)OC(=O)C(C)c3cc(CCCC)c(O)c(CCCC)c3)c2=O)cc(CCCC)c1O. The van der Waals surface area contributed by atoms with E-state index in [-0.39, 0.29) is 17.2 Å². The van der Waals surface area contributed by atoms with Crippen LogP contribution < -0.4 is 17.1 Å². The number of rotatable bonds is 30. The van der Waals surface area contributed by atoms with Gasteiger partial charge in [0.25, 0.3) is 0 Å². The smallest absolute Gasteiger partial charge is 0.342 e. The Balaban J connectivity index is 1.82. The number of aromatic nitrogens is 3. The van der Waals surface area contributed by atoms with E-state index in [1.165, 1.54) is 20.8 Å². The van der Waals surface area contributed by atoms with Gasteiger partial charge in [-0.3, -0.25) is 14.4 Å². The number of phenolic OH excluding ortho intramolecular Hbond substituents is 3. The lowest BCUT2D eigenvalue weighted by Gasteiger charge is -2.25. The maximum atomic E-state index is 14.7. The van der Waals surface area contributed by atoms with Crippen molar-refractivity contribution >= 4 is 17.9 Å². The van der Waals surface area contributed by atoms with Crippen molar-refractivity contribution in [2.45, 2.75) is 235 Å². The second kappa shape index (κ2) is 29.3. The van der Waals surface area contributed by atoms with Gasteiger partial charge in [0.05, 0.1) is 17.8 Å². The number of carbonyl (C=O) groups excluding carboxylic acids is 3. The van der Waals surface area contributed by atoms with Crippen molar-refractivity contribution in [3.63, 3.8) is 0 Å². The number of carbonyl (C=O) groups is 3. The first kappa shape index (κ1) is 61.4. The Bertz CT molecular complexity index is 2340. The highest BCUT2D eigenvalue weighted by atomic mass is 16.6. The van der Waals surface area contributed by atoms with Crippen LogP contribution in [0.2, 0.25) is 0 Å². The molecule has 1 heterocycles. The number of phenols is 3. The van der Waals surface area contributed by atoms with Gasteiger partial charge < -0.3 is 29.5 Å². The zero-order valence-corrected chi connectivity index (χ0v) is 47.0. The highest BCUT2D eigenvalue weighted by Gasteiger charge is 2.32. The molecule has 1 aromatic heterocycles. The fourth-order valence-corrected chi connectivity index (χ4v) is 9.36. The molecule has 0 spiro atoms. The normalized spacial score (nSPS) is 13.9. The molecule has 0 amide bonds. The monoisotopic (exact) mass is 1040 g/mol. The third kappa shape index (κ3) is 15.5. The fourth-order valence-electron chi connectivity index (χ4n) is 9.36. The molecule has 0 radical (unpaired) electrons. The number of hydrogen-bond donors (Lipinski definition) is 3. The number of hydrogen-bond acceptors (Lipinski definition) is 12. The van der Waals surface area contributed by atoms with Crippen molar-refractivity contribution in [1.82, 2.24) is 13.7 Å². The summed E-state index contributed by atoms with van der Waals surface area (Å²) in [4.78, 5) is 86.4. The van der Waals surface area contributed by atoms with Crippen molar-refractivity contribution in [2.24, 2.45) is 0 Å². The van der Waals surface area contributed by atoms with Crippen molar-refractivity contribution in [3.05, 3.63) is 118 Å². The molecular weight excluding hydrogens is 955 g/mol. The lowest BCUT2D eigenvalue weighted by molar-refractivity contribution is -0.156. The summed E-state index contributed by atoms with van der Waals surface area (Å²) in [6.45, 7) is 21.1. The predicted octanol–water partition coefficient (Wildman–Crippen LogP) is 11.9. The summed E-state index contributed by atoms with van der Waals surface area (Å²) in [6.07, 6.45) is 8.89. The first-order valence-electron chi connectivity index (χ1n) is 27.9. The molecule has 4 aromatic rings. The van der Waals surface area contributed by atoms with E-state index in [0.717, 1.165) is 77.0 Å². The summed E-state index contributed by atoms with van der Waals surface area (Å²) in [5.41, 5.74) is 2.19. The molecule has 15 heteroatoms. The molecule has 0 saturated carbocycles. The van der Waals surface area contributed by atoms with E-state index >= 15 is 0 Å². The van der Waals surface area contributed by atoms with Crippen LogP contribution in [0.25, 0.3) is 0 Å². The molecule has 3 N–H and O–H groups in total. The first-order chi connectivity index (χ1) is 35.7. The zero-order valence-electron chi connectivity index (χ0n) is 47.0. The quantitative estimate of drug-likeness (QED) is 0.0329. The van der Waals surface area contributed by atoms with Gasteiger partial charge in [-0.05, 0) is 169 Å². The number of ether oxygens (including phenoxy) is 3. The van der Waals surface area contributed by atoms with Crippen molar-refractivity contribution < 1.29 is 43.9 Å². The second-order valence-electron chi connectivity index (χ2n) is 20.4. The third-order valence-corrected chi connectivity index (χ3v) is 14.4. The Morgan fingerprint density at radius 3 is 0.707 bits per heavy atom. The average Bonchev–Trinajstić information content (AvgIpc) is 3.37. The van der Waals surface area contributed by atoms with Crippen LogP contribution in [0.3, 0.4) is 0 Å². The molecule has 414 valence electrons. The molecule has 0 aliphatic carbocycles. The second-order valence-corrected chi connectivity index (χ2v) is 20.4. The number of aryl methyl sites for hydroxylation is 6. The number of benzene rings is 3. The Labute approximate surface area is 444 Å². The molecule has 6 atom stereocenters. The van der Waals surface area contributed by atoms with Gasteiger partial charge in [0, 0.05) is 0 Å². The standard InChI is InChI=1S/C60H87N3O12/c1-13-19-25-43-31-49(32-44(52(43)64)26-20-14-2)37(7)55(67)73-40(10)61-58(70)62(41(11)74-56(68)38(8)50-33-45(27-21-15-3)53(65)46(34-50)28-22-16-4)60(72)63(59(61)71)42(12)75-57(69)39(9)51-35-47(29-23-17-5)54(66)48(36-51)30-24-18-6/h31-42,64-66H,13-30H2,1-12H3. The minimum atomic E-state index is -1.64. The topological polar surface area (TPSA) is 206 Å². The minimum absolute atomic E-state index is 0.199. The van der Waals surface area contributed by atoms with E-state index < -0.39 is 71.4 Å². The van der Waals surface area contributed by atoms with E-state index in [2.05, 4.69) is 0 Å². The van der Waals surface area contributed by atoms with Gasteiger partial charge >= 0.3 is 35.0 Å². The number of unbranched alkanes of at least 4 members (excludes halogenated alkanes) is 6. The van der Waals surface area contributed by atoms with Crippen LogP contribution in [0.4, 0.5) is 0 Å². The maximum absolute atomic E-state index is 14.7. The van der Waals surface area contributed by atoms with E-state index in [1.54, 1.807) is 57.2 Å². The van der Waals surface area contributed by atoms with Crippen molar-refractivity contribution in [3.8, 4) is 17.2 Å². The van der Waals surface area contributed by atoms with Crippen LogP contribution in [0, 0.1) is 0 Å². The van der Waals surface area contributed by atoms with Gasteiger partial charge in [0.15, 0.2) is 18.7 Å². The minimum Gasteiger partial charge on any atom is -0.507 e. The van der Waals surface area contributed by atoms with E-state index in [4.69, 9.17) is 14.2 Å². The Morgan fingerprint density at radius 1 is 0.373 bits per heavy atom. The summed E-state index contributed by atoms with van der Waals surface area (Å²) < 4.78 is 19.4. The molecule has 15 nitrogen and oxygen atoms in total. The summed E-state index contributed by atoms with van der Waals surface area (Å²) in [5, 5.41) is 33.5. The van der Waals surface area contributed by atoms with E-state index in [0.29, 0.717) is 102 Å².